The largest absolute Gasteiger partial charge is 0.396 e. The average Bonchev–Trinajstić information content (AvgIpc) is 2.96. The first kappa shape index (κ1) is 12.2. The Morgan fingerprint density at radius 1 is 1.59 bits per heavy atom. The van der Waals surface area contributed by atoms with Gasteiger partial charge in [-0.05, 0) is 37.8 Å². The molecule has 1 aliphatic rings. The van der Waals surface area contributed by atoms with E-state index in [1.165, 1.54) is 0 Å². The summed E-state index contributed by atoms with van der Waals surface area (Å²) in [5.74, 6) is 0.589. The molecule has 1 N–H and O–H groups in total. The van der Waals surface area contributed by atoms with Gasteiger partial charge in [-0.25, -0.2) is 0 Å². The number of nitrogens with zero attached hydrogens (tertiary/aromatic N) is 2. The zero-order valence-electron chi connectivity index (χ0n) is 10.3. The number of rotatable bonds is 4. The molecule has 0 bridgehead atoms. The molecule has 2 heterocycles. The molecule has 0 saturated carbocycles. The Labute approximate surface area is 102 Å². The molecule has 0 spiro atoms. The number of aromatic nitrogens is 1. The smallest absolute Gasteiger partial charge is 0.270 e. The van der Waals surface area contributed by atoms with Crippen LogP contribution in [0.25, 0.3) is 0 Å². The number of carbonyl (C=O) groups excluding carboxylic acids is 1. The molecule has 4 heteroatoms. The van der Waals surface area contributed by atoms with Crippen molar-refractivity contribution in [2.45, 2.75) is 26.3 Å². The van der Waals surface area contributed by atoms with Crippen molar-refractivity contribution in [3.63, 3.8) is 0 Å². The first-order valence-corrected chi connectivity index (χ1v) is 6.31. The van der Waals surface area contributed by atoms with Crippen molar-refractivity contribution >= 4 is 5.91 Å². The molecule has 4 nitrogen and oxygen atoms in total. The van der Waals surface area contributed by atoms with Gasteiger partial charge in [-0.3, -0.25) is 4.79 Å². The highest BCUT2D eigenvalue weighted by molar-refractivity contribution is 5.93. The molecule has 1 amide bonds. The first-order chi connectivity index (χ1) is 8.26. The molecule has 0 aliphatic carbocycles. The standard InChI is InChI=1S/C13H20N2O2/c1-2-14-7-3-4-12(14)13(17)15-8-5-11(10-15)6-9-16/h3-4,7,11,16H,2,5-6,8-10H2,1H3. The Bertz CT molecular complexity index is 387. The van der Waals surface area contributed by atoms with Crippen LogP contribution in [0, 0.1) is 5.92 Å². The fourth-order valence-electron chi connectivity index (χ4n) is 2.48. The highest BCUT2D eigenvalue weighted by atomic mass is 16.3. The molecule has 1 aromatic heterocycles. The van der Waals surface area contributed by atoms with E-state index in [-0.39, 0.29) is 12.5 Å². The zero-order valence-corrected chi connectivity index (χ0v) is 10.3. The van der Waals surface area contributed by atoms with Crippen molar-refractivity contribution in [1.29, 1.82) is 0 Å². The number of aliphatic hydroxyl groups is 1. The fourth-order valence-corrected chi connectivity index (χ4v) is 2.48. The van der Waals surface area contributed by atoms with E-state index in [1.54, 1.807) is 0 Å². The summed E-state index contributed by atoms with van der Waals surface area (Å²) in [4.78, 5) is 14.2. The monoisotopic (exact) mass is 236 g/mol. The van der Waals surface area contributed by atoms with Crippen LogP contribution < -0.4 is 0 Å². The summed E-state index contributed by atoms with van der Waals surface area (Å²) >= 11 is 0. The fraction of sp³-hybridized carbons (Fsp3) is 0.615. The molecule has 1 fully saturated rings. The van der Waals surface area contributed by atoms with E-state index in [4.69, 9.17) is 5.11 Å². The van der Waals surface area contributed by atoms with E-state index in [2.05, 4.69) is 0 Å². The summed E-state index contributed by atoms with van der Waals surface area (Å²) in [6.45, 7) is 4.68. The molecule has 1 aliphatic heterocycles. The lowest BCUT2D eigenvalue weighted by Crippen LogP contribution is -2.30. The maximum absolute atomic E-state index is 12.3. The Balaban J connectivity index is 2.02. The summed E-state index contributed by atoms with van der Waals surface area (Å²) in [7, 11) is 0. The van der Waals surface area contributed by atoms with Crippen LogP contribution in [0.5, 0.6) is 0 Å². The van der Waals surface area contributed by atoms with Gasteiger partial charge in [0.2, 0.25) is 0 Å². The van der Waals surface area contributed by atoms with Gasteiger partial charge in [-0.15, -0.1) is 0 Å². The van der Waals surface area contributed by atoms with Gasteiger partial charge in [0.05, 0.1) is 0 Å². The van der Waals surface area contributed by atoms with E-state index in [9.17, 15) is 4.79 Å². The third-order valence-corrected chi connectivity index (χ3v) is 3.50. The van der Waals surface area contributed by atoms with E-state index in [1.807, 2.05) is 34.7 Å². The molecule has 2 rings (SSSR count). The number of amides is 1. The van der Waals surface area contributed by atoms with E-state index < -0.39 is 0 Å². The minimum absolute atomic E-state index is 0.122. The van der Waals surface area contributed by atoms with Gasteiger partial charge in [0.1, 0.15) is 5.69 Å². The van der Waals surface area contributed by atoms with E-state index in [0.29, 0.717) is 5.92 Å². The molecular weight excluding hydrogens is 216 g/mol. The number of aliphatic hydroxyl groups excluding tert-OH is 1. The van der Waals surface area contributed by atoms with Crippen LogP contribution in [-0.4, -0.2) is 40.2 Å². The Morgan fingerprint density at radius 2 is 2.41 bits per heavy atom. The number of likely N-dealkylation sites (tertiary alicyclic amines) is 1. The van der Waals surface area contributed by atoms with Crippen LogP contribution in [0.4, 0.5) is 0 Å². The molecule has 0 aromatic carbocycles. The summed E-state index contributed by atoms with van der Waals surface area (Å²) in [6.07, 6.45) is 3.76. The van der Waals surface area contributed by atoms with Gasteiger partial charge in [0, 0.05) is 32.4 Å². The predicted octanol–water partition coefficient (Wildman–Crippen LogP) is 1.35. The van der Waals surface area contributed by atoms with E-state index >= 15 is 0 Å². The summed E-state index contributed by atoms with van der Waals surface area (Å²) < 4.78 is 1.97. The summed E-state index contributed by atoms with van der Waals surface area (Å²) in [6, 6.07) is 3.79. The maximum Gasteiger partial charge on any atom is 0.270 e. The SMILES string of the molecule is CCn1cccc1C(=O)N1CCC(CCO)C1. The van der Waals surface area contributed by atoms with E-state index in [0.717, 1.165) is 38.2 Å². The zero-order chi connectivity index (χ0) is 12.3. The van der Waals surface area contributed by atoms with Crippen LogP contribution in [0.2, 0.25) is 0 Å². The topological polar surface area (TPSA) is 45.5 Å². The third kappa shape index (κ3) is 2.52. The Morgan fingerprint density at radius 3 is 3.12 bits per heavy atom. The van der Waals surface area contributed by atoms with Crippen molar-refractivity contribution in [1.82, 2.24) is 9.47 Å². The minimum atomic E-state index is 0.122. The molecule has 1 unspecified atom stereocenters. The first-order valence-electron chi connectivity index (χ1n) is 6.31. The quantitative estimate of drug-likeness (QED) is 0.857. The molecule has 94 valence electrons. The van der Waals surface area contributed by atoms with Gasteiger partial charge in [-0.2, -0.15) is 0 Å². The molecule has 1 atom stereocenters. The average molecular weight is 236 g/mol. The summed E-state index contributed by atoms with van der Waals surface area (Å²) in [5, 5.41) is 8.91. The molecule has 0 radical (unpaired) electrons. The lowest BCUT2D eigenvalue weighted by molar-refractivity contribution is 0.0774. The third-order valence-electron chi connectivity index (χ3n) is 3.50. The second-order valence-corrected chi connectivity index (χ2v) is 4.60. The number of hydrogen-bond donors (Lipinski definition) is 1. The number of hydrogen-bond acceptors (Lipinski definition) is 2. The van der Waals surface area contributed by atoms with Crippen LogP contribution in [0.3, 0.4) is 0 Å². The number of aryl methyl sites for hydroxylation is 1. The van der Waals surface area contributed by atoms with Gasteiger partial charge in [0.15, 0.2) is 0 Å². The van der Waals surface area contributed by atoms with Crippen molar-refractivity contribution in [3.05, 3.63) is 24.0 Å². The van der Waals surface area contributed by atoms with Crippen molar-refractivity contribution in [2.75, 3.05) is 19.7 Å². The normalized spacial score (nSPS) is 19.9. The summed E-state index contributed by atoms with van der Waals surface area (Å²) in [5.41, 5.74) is 0.775. The Hall–Kier alpha value is -1.29. The van der Waals surface area contributed by atoms with Crippen LogP contribution >= 0.6 is 0 Å². The highest BCUT2D eigenvalue weighted by Crippen LogP contribution is 2.21. The van der Waals surface area contributed by atoms with Gasteiger partial charge < -0.3 is 14.6 Å². The van der Waals surface area contributed by atoms with Crippen molar-refractivity contribution in [2.24, 2.45) is 5.92 Å². The Kier molecular flexibility index (Phi) is 3.84. The lowest BCUT2D eigenvalue weighted by atomic mass is 10.1. The van der Waals surface area contributed by atoms with Crippen LogP contribution in [-0.2, 0) is 6.54 Å². The second kappa shape index (κ2) is 5.36. The van der Waals surface area contributed by atoms with Crippen LogP contribution in [0.15, 0.2) is 18.3 Å². The van der Waals surface area contributed by atoms with Crippen molar-refractivity contribution < 1.29 is 9.90 Å². The minimum Gasteiger partial charge on any atom is -0.396 e. The molecule has 1 aromatic rings. The maximum atomic E-state index is 12.3. The second-order valence-electron chi connectivity index (χ2n) is 4.60. The van der Waals surface area contributed by atoms with Crippen LogP contribution in [0.1, 0.15) is 30.3 Å². The van der Waals surface area contributed by atoms with Gasteiger partial charge in [-0.1, -0.05) is 0 Å². The van der Waals surface area contributed by atoms with Gasteiger partial charge in [0.25, 0.3) is 5.91 Å². The predicted molar refractivity (Wildman–Crippen MR) is 65.8 cm³/mol. The lowest BCUT2D eigenvalue weighted by Gasteiger charge is -2.17. The number of carbonyl (C=O) groups is 1. The molecular formula is C13H20N2O2. The van der Waals surface area contributed by atoms with Gasteiger partial charge >= 0.3 is 0 Å². The molecule has 17 heavy (non-hydrogen) atoms. The highest BCUT2D eigenvalue weighted by Gasteiger charge is 2.27. The molecule has 1 saturated heterocycles. The van der Waals surface area contributed by atoms with Crippen molar-refractivity contribution in [3.8, 4) is 0 Å².